The maximum atomic E-state index is 13.4. The van der Waals surface area contributed by atoms with Gasteiger partial charge in [0.05, 0.1) is 22.2 Å². The molecule has 0 N–H and O–H groups in total. The Bertz CT molecular complexity index is 1300. The van der Waals surface area contributed by atoms with Gasteiger partial charge in [-0.05, 0) is 37.1 Å². The van der Waals surface area contributed by atoms with E-state index < -0.39 is 10.0 Å². The van der Waals surface area contributed by atoms with Crippen LogP contribution in [0, 0.1) is 17.2 Å². The fourth-order valence-electron chi connectivity index (χ4n) is 3.94. The summed E-state index contributed by atoms with van der Waals surface area (Å²) in [6, 6.07) is 17.7. The summed E-state index contributed by atoms with van der Waals surface area (Å²) in [5.41, 5.74) is 2.20. The molecule has 1 fully saturated rings. The number of sulfonamides is 1. The number of thiazole rings is 1. The van der Waals surface area contributed by atoms with Crippen LogP contribution in [0.3, 0.4) is 0 Å². The summed E-state index contributed by atoms with van der Waals surface area (Å²) in [7, 11) is -3.67. The molecule has 1 amide bonds. The van der Waals surface area contributed by atoms with Gasteiger partial charge >= 0.3 is 0 Å². The van der Waals surface area contributed by atoms with Crippen LogP contribution in [0.15, 0.2) is 77.5 Å². The number of rotatable bonds is 7. The van der Waals surface area contributed by atoms with E-state index in [9.17, 15) is 13.2 Å². The highest BCUT2D eigenvalue weighted by atomic mass is 32.2. The first kappa shape index (κ1) is 23.8. The van der Waals surface area contributed by atoms with E-state index in [0.29, 0.717) is 30.1 Å². The molecule has 1 aliphatic heterocycles. The molecule has 2 heterocycles. The molecule has 0 bridgehead atoms. The molecule has 1 aliphatic rings. The van der Waals surface area contributed by atoms with Crippen molar-refractivity contribution in [1.29, 1.82) is 5.26 Å². The number of carbonyl (C=O) groups excluding carboxylic acids is 1. The largest absolute Gasteiger partial charge is 0.284 e. The second-order valence-electron chi connectivity index (χ2n) is 7.93. The highest BCUT2D eigenvalue weighted by molar-refractivity contribution is 7.89. The van der Waals surface area contributed by atoms with Crippen LogP contribution in [0.5, 0.6) is 0 Å². The van der Waals surface area contributed by atoms with Gasteiger partial charge in [-0.1, -0.05) is 36.4 Å². The van der Waals surface area contributed by atoms with E-state index in [1.165, 1.54) is 39.9 Å². The van der Waals surface area contributed by atoms with Gasteiger partial charge in [0.2, 0.25) is 15.9 Å². The Kier molecular flexibility index (Phi) is 7.22. The van der Waals surface area contributed by atoms with Crippen LogP contribution in [0.1, 0.15) is 18.4 Å². The van der Waals surface area contributed by atoms with Gasteiger partial charge in [0.15, 0.2) is 5.13 Å². The number of carbonyl (C=O) groups is 1. The second-order valence-corrected chi connectivity index (χ2v) is 10.7. The second kappa shape index (κ2) is 10.3. The number of hydrogen-bond acceptors (Lipinski definition) is 6. The topological polar surface area (TPSA) is 94.4 Å². The molecule has 0 aliphatic carbocycles. The lowest BCUT2D eigenvalue weighted by Crippen LogP contribution is -2.44. The zero-order valence-corrected chi connectivity index (χ0v) is 20.1. The minimum Gasteiger partial charge on any atom is -0.284 e. The van der Waals surface area contributed by atoms with Gasteiger partial charge < -0.3 is 0 Å². The van der Waals surface area contributed by atoms with E-state index >= 15 is 0 Å². The lowest BCUT2D eigenvalue weighted by molar-refractivity contribution is -0.123. The number of aromatic nitrogens is 1. The van der Waals surface area contributed by atoms with Gasteiger partial charge in [0, 0.05) is 36.5 Å². The van der Waals surface area contributed by atoms with Gasteiger partial charge in [-0.15, -0.1) is 17.9 Å². The standard InChI is InChI=1S/C25H24N4O3S2/c1-2-14-29(25-27-23(18-33-25)20-6-4-3-5-7-20)24(30)21-12-15-28(16-13-21)34(31,32)22-10-8-19(17-26)9-11-22/h2-11,18,21H,1,12-16H2. The number of nitriles is 1. The molecule has 2 aromatic carbocycles. The lowest BCUT2D eigenvalue weighted by atomic mass is 9.96. The summed E-state index contributed by atoms with van der Waals surface area (Å²) in [6.07, 6.45) is 2.53. The number of hydrogen-bond donors (Lipinski definition) is 0. The molecule has 0 radical (unpaired) electrons. The van der Waals surface area contributed by atoms with Crippen molar-refractivity contribution in [2.75, 3.05) is 24.5 Å². The van der Waals surface area contributed by atoms with Crippen molar-refractivity contribution in [3.63, 3.8) is 0 Å². The third-order valence-corrected chi connectivity index (χ3v) is 8.57. The highest BCUT2D eigenvalue weighted by Gasteiger charge is 2.34. The maximum absolute atomic E-state index is 13.4. The minimum atomic E-state index is -3.67. The Morgan fingerprint density at radius 1 is 1.18 bits per heavy atom. The summed E-state index contributed by atoms with van der Waals surface area (Å²) in [5, 5.41) is 11.5. The zero-order chi connectivity index (χ0) is 24.1. The van der Waals surface area contributed by atoms with E-state index in [4.69, 9.17) is 5.26 Å². The summed E-state index contributed by atoms with van der Waals surface area (Å²) >= 11 is 1.41. The molecule has 0 spiro atoms. The van der Waals surface area contributed by atoms with Crippen LogP contribution in [-0.2, 0) is 14.8 Å². The normalized spacial score (nSPS) is 14.9. The Morgan fingerprint density at radius 2 is 1.85 bits per heavy atom. The molecule has 1 aromatic heterocycles. The molecule has 1 saturated heterocycles. The van der Waals surface area contributed by atoms with Gasteiger partial charge in [0.1, 0.15) is 0 Å². The minimum absolute atomic E-state index is 0.0655. The molecule has 174 valence electrons. The Balaban J connectivity index is 1.45. The number of nitrogens with zero attached hydrogens (tertiary/aromatic N) is 4. The Hall–Kier alpha value is -3.32. The first-order valence-electron chi connectivity index (χ1n) is 10.9. The predicted molar refractivity (Wildman–Crippen MR) is 133 cm³/mol. The molecule has 0 unspecified atom stereocenters. The molecular weight excluding hydrogens is 468 g/mol. The van der Waals surface area contributed by atoms with Crippen molar-refractivity contribution in [3.05, 3.63) is 78.2 Å². The molecule has 3 aromatic rings. The number of amides is 1. The monoisotopic (exact) mass is 492 g/mol. The van der Waals surface area contributed by atoms with Crippen molar-refractivity contribution in [1.82, 2.24) is 9.29 Å². The van der Waals surface area contributed by atoms with Crippen LogP contribution in [-0.4, -0.2) is 43.2 Å². The molecule has 0 saturated carbocycles. The first-order valence-corrected chi connectivity index (χ1v) is 13.2. The van der Waals surface area contributed by atoms with Crippen LogP contribution in [0.2, 0.25) is 0 Å². The van der Waals surface area contributed by atoms with E-state index in [1.54, 1.807) is 11.0 Å². The summed E-state index contributed by atoms with van der Waals surface area (Å²) < 4.78 is 27.4. The Morgan fingerprint density at radius 3 is 2.47 bits per heavy atom. The molecule has 0 atom stereocenters. The molecular formula is C25H24N4O3S2. The highest BCUT2D eigenvalue weighted by Crippen LogP contribution is 2.31. The van der Waals surface area contributed by atoms with Crippen LogP contribution in [0.4, 0.5) is 5.13 Å². The predicted octanol–water partition coefficient (Wildman–Crippen LogP) is 4.30. The zero-order valence-electron chi connectivity index (χ0n) is 18.5. The van der Waals surface area contributed by atoms with Crippen LogP contribution in [0.25, 0.3) is 11.3 Å². The number of benzene rings is 2. The first-order chi connectivity index (χ1) is 16.4. The van der Waals surface area contributed by atoms with Crippen LogP contribution < -0.4 is 4.90 Å². The average molecular weight is 493 g/mol. The third kappa shape index (κ3) is 4.94. The number of piperidine rings is 1. The third-order valence-electron chi connectivity index (χ3n) is 5.79. The van der Waals surface area contributed by atoms with Gasteiger partial charge in [-0.2, -0.15) is 9.57 Å². The van der Waals surface area contributed by atoms with E-state index in [-0.39, 0.29) is 29.8 Å². The van der Waals surface area contributed by atoms with Crippen molar-refractivity contribution < 1.29 is 13.2 Å². The van der Waals surface area contributed by atoms with Crippen LogP contribution >= 0.6 is 11.3 Å². The quantitative estimate of drug-likeness (QED) is 0.458. The summed E-state index contributed by atoms with van der Waals surface area (Å²) in [5.74, 6) is -0.360. The maximum Gasteiger partial charge on any atom is 0.243 e. The van der Waals surface area contributed by atoms with Crippen molar-refractivity contribution in [3.8, 4) is 17.3 Å². The smallest absolute Gasteiger partial charge is 0.243 e. The lowest BCUT2D eigenvalue weighted by Gasteiger charge is -2.32. The molecule has 9 heteroatoms. The molecule has 7 nitrogen and oxygen atoms in total. The SMILES string of the molecule is C=CCN(C(=O)C1CCN(S(=O)(=O)c2ccc(C#N)cc2)CC1)c1nc(-c2ccccc2)cs1. The average Bonchev–Trinajstić information content (AvgIpc) is 3.37. The van der Waals surface area contributed by atoms with Gasteiger partial charge in [-0.25, -0.2) is 13.4 Å². The fraction of sp³-hybridized carbons (Fsp3) is 0.240. The summed E-state index contributed by atoms with van der Waals surface area (Å²) in [6.45, 7) is 4.64. The van der Waals surface area contributed by atoms with E-state index in [2.05, 4.69) is 11.6 Å². The molecule has 4 rings (SSSR count). The van der Waals surface area contributed by atoms with Crippen molar-refractivity contribution in [2.45, 2.75) is 17.7 Å². The van der Waals surface area contributed by atoms with Gasteiger partial charge in [0.25, 0.3) is 0 Å². The fourth-order valence-corrected chi connectivity index (χ4v) is 6.25. The summed E-state index contributed by atoms with van der Waals surface area (Å²) in [4.78, 5) is 19.8. The molecule has 34 heavy (non-hydrogen) atoms. The van der Waals surface area contributed by atoms with Crippen molar-refractivity contribution in [2.24, 2.45) is 5.92 Å². The van der Waals surface area contributed by atoms with Gasteiger partial charge in [-0.3, -0.25) is 9.69 Å². The van der Waals surface area contributed by atoms with Crippen molar-refractivity contribution >= 4 is 32.4 Å². The van der Waals surface area contributed by atoms with E-state index in [0.717, 1.165) is 11.3 Å². The number of anilines is 1. The Labute approximate surface area is 203 Å². The van der Waals surface area contributed by atoms with E-state index in [1.807, 2.05) is 41.8 Å².